The van der Waals surface area contributed by atoms with Gasteiger partial charge in [0.25, 0.3) is 0 Å². The van der Waals surface area contributed by atoms with Crippen molar-refractivity contribution in [2.24, 2.45) is 0 Å². The SMILES string of the molecule is COc1cccc(CCC=O)c1OC1CCCSC1. The molecule has 0 amide bonds. The number of aryl methyl sites for hydroxylation is 1. The summed E-state index contributed by atoms with van der Waals surface area (Å²) in [5.74, 6) is 3.84. The van der Waals surface area contributed by atoms with Crippen LogP contribution in [0.1, 0.15) is 24.8 Å². The highest BCUT2D eigenvalue weighted by Gasteiger charge is 2.19. The number of carbonyl (C=O) groups is 1. The van der Waals surface area contributed by atoms with E-state index in [0.29, 0.717) is 12.8 Å². The first kappa shape index (κ1) is 14.3. The Labute approximate surface area is 118 Å². The maximum absolute atomic E-state index is 10.6. The van der Waals surface area contributed by atoms with E-state index < -0.39 is 0 Å². The maximum Gasteiger partial charge on any atom is 0.164 e. The van der Waals surface area contributed by atoms with Gasteiger partial charge in [0.15, 0.2) is 11.5 Å². The molecule has 1 fully saturated rings. The lowest BCUT2D eigenvalue weighted by Crippen LogP contribution is -2.24. The second kappa shape index (κ2) is 7.43. The van der Waals surface area contributed by atoms with Crippen LogP contribution in [-0.2, 0) is 11.2 Å². The van der Waals surface area contributed by atoms with Gasteiger partial charge < -0.3 is 14.3 Å². The summed E-state index contributed by atoms with van der Waals surface area (Å²) in [5, 5.41) is 0. The van der Waals surface area contributed by atoms with Crippen molar-refractivity contribution in [1.82, 2.24) is 0 Å². The van der Waals surface area contributed by atoms with Crippen LogP contribution in [0.2, 0.25) is 0 Å². The van der Waals surface area contributed by atoms with Crippen molar-refractivity contribution in [2.75, 3.05) is 18.6 Å². The van der Waals surface area contributed by atoms with E-state index in [1.807, 2.05) is 30.0 Å². The lowest BCUT2D eigenvalue weighted by atomic mass is 10.1. The molecule has 104 valence electrons. The standard InChI is InChI=1S/C15H20O3S/c1-17-14-8-2-5-12(6-3-9-16)15(14)18-13-7-4-10-19-11-13/h2,5,8-9,13H,3-4,6-7,10-11H2,1H3. The van der Waals surface area contributed by atoms with Gasteiger partial charge in [0.2, 0.25) is 0 Å². The number of rotatable bonds is 6. The quantitative estimate of drug-likeness (QED) is 0.750. The van der Waals surface area contributed by atoms with Gasteiger partial charge in [0, 0.05) is 12.2 Å². The molecule has 1 aliphatic heterocycles. The molecule has 0 aliphatic carbocycles. The van der Waals surface area contributed by atoms with Gasteiger partial charge in [0.05, 0.1) is 7.11 Å². The van der Waals surface area contributed by atoms with Gasteiger partial charge >= 0.3 is 0 Å². The Morgan fingerprint density at radius 3 is 3.05 bits per heavy atom. The second-order valence-electron chi connectivity index (χ2n) is 4.61. The van der Waals surface area contributed by atoms with E-state index in [9.17, 15) is 4.79 Å². The molecule has 1 aromatic rings. The minimum absolute atomic E-state index is 0.255. The predicted octanol–water partition coefficient (Wildman–Crippen LogP) is 3.10. The number of hydrogen-bond donors (Lipinski definition) is 0. The van der Waals surface area contributed by atoms with Gasteiger partial charge in [-0.15, -0.1) is 0 Å². The number of aldehydes is 1. The molecule has 0 N–H and O–H groups in total. The number of ether oxygens (including phenoxy) is 2. The smallest absolute Gasteiger partial charge is 0.164 e. The molecular weight excluding hydrogens is 260 g/mol. The highest BCUT2D eigenvalue weighted by atomic mass is 32.2. The third-order valence-corrected chi connectivity index (χ3v) is 4.40. The van der Waals surface area contributed by atoms with Crippen molar-refractivity contribution in [3.05, 3.63) is 23.8 Å². The van der Waals surface area contributed by atoms with Crippen LogP contribution in [0.5, 0.6) is 11.5 Å². The number of hydrogen-bond acceptors (Lipinski definition) is 4. The van der Waals surface area contributed by atoms with Gasteiger partial charge in [-0.1, -0.05) is 12.1 Å². The first-order valence-corrected chi connectivity index (χ1v) is 7.84. The van der Waals surface area contributed by atoms with E-state index in [1.54, 1.807) is 7.11 Å². The molecule has 1 unspecified atom stereocenters. The molecule has 0 bridgehead atoms. The summed E-state index contributed by atoms with van der Waals surface area (Å²) in [6.45, 7) is 0. The lowest BCUT2D eigenvalue weighted by Gasteiger charge is -2.25. The highest BCUT2D eigenvalue weighted by Crippen LogP contribution is 2.34. The molecule has 1 aliphatic rings. The summed E-state index contributed by atoms with van der Waals surface area (Å²) < 4.78 is 11.5. The molecule has 19 heavy (non-hydrogen) atoms. The van der Waals surface area contributed by atoms with E-state index in [2.05, 4.69) is 0 Å². The monoisotopic (exact) mass is 280 g/mol. The summed E-state index contributed by atoms with van der Waals surface area (Å²) >= 11 is 1.94. The largest absolute Gasteiger partial charge is 0.493 e. The summed E-state index contributed by atoms with van der Waals surface area (Å²) in [6, 6.07) is 5.87. The fourth-order valence-electron chi connectivity index (χ4n) is 2.24. The van der Waals surface area contributed by atoms with Crippen molar-refractivity contribution in [2.45, 2.75) is 31.8 Å². The lowest BCUT2D eigenvalue weighted by molar-refractivity contribution is -0.107. The zero-order valence-corrected chi connectivity index (χ0v) is 12.1. The summed E-state index contributed by atoms with van der Waals surface area (Å²) in [7, 11) is 1.65. The number of methoxy groups -OCH3 is 1. The van der Waals surface area contributed by atoms with Crippen molar-refractivity contribution in [3.8, 4) is 11.5 Å². The molecule has 0 aromatic heterocycles. The molecule has 1 aromatic carbocycles. The third kappa shape index (κ3) is 3.90. The van der Waals surface area contributed by atoms with E-state index in [1.165, 1.54) is 12.2 Å². The topological polar surface area (TPSA) is 35.5 Å². The average Bonchev–Trinajstić information content (AvgIpc) is 2.47. The highest BCUT2D eigenvalue weighted by molar-refractivity contribution is 7.99. The zero-order valence-electron chi connectivity index (χ0n) is 11.3. The van der Waals surface area contributed by atoms with Crippen LogP contribution in [0.3, 0.4) is 0 Å². The Morgan fingerprint density at radius 2 is 2.37 bits per heavy atom. The Bertz CT molecular complexity index is 414. The van der Waals surface area contributed by atoms with Gasteiger partial charge in [-0.25, -0.2) is 0 Å². The fourth-order valence-corrected chi connectivity index (χ4v) is 3.27. The van der Waals surface area contributed by atoms with E-state index in [4.69, 9.17) is 9.47 Å². The van der Waals surface area contributed by atoms with Gasteiger partial charge in [-0.2, -0.15) is 11.8 Å². The number of benzene rings is 1. The molecule has 0 spiro atoms. The van der Waals surface area contributed by atoms with Crippen LogP contribution >= 0.6 is 11.8 Å². The normalized spacial score (nSPS) is 18.9. The van der Waals surface area contributed by atoms with Crippen molar-refractivity contribution < 1.29 is 14.3 Å². The molecule has 1 heterocycles. The van der Waals surface area contributed by atoms with Gasteiger partial charge in [0.1, 0.15) is 12.4 Å². The summed E-state index contributed by atoms with van der Waals surface area (Å²) in [5.41, 5.74) is 1.06. The zero-order chi connectivity index (χ0) is 13.5. The van der Waals surface area contributed by atoms with E-state index >= 15 is 0 Å². The van der Waals surface area contributed by atoms with Crippen LogP contribution in [-0.4, -0.2) is 31.0 Å². The van der Waals surface area contributed by atoms with E-state index in [0.717, 1.165) is 35.5 Å². The molecule has 2 rings (SSSR count). The van der Waals surface area contributed by atoms with Crippen molar-refractivity contribution in [1.29, 1.82) is 0 Å². The molecule has 3 nitrogen and oxygen atoms in total. The minimum Gasteiger partial charge on any atom is -0.493 e. The number of carbonyl (C=O) groups excluding carboxylic acids is 1. The van der Waals surface area contributed by atoms with Crippen LogP contribution in [0.4, 0.5) is 0 Å². The van der Waals surface area contributed by atoms with Crippen molar-refractivity contribution in [3.63, 3.8) is 0 Å². The number of thioether (sulfide) groups is 1. The molecular formula is C15H20O3S. The first-order chi connectivity index (χ1) is 9.35. The molecule has 4 heteroatoms. The molecule has 1 saturated heterocycles. The second-order valence-corrected chi connectivity index (χ2v) is 5.76. The van der Waals surface area contributed by atoms with Crippen LogP contribution in [0, 0.1) is 0 Å². The molecule has 1 atom stereocenters. The summed E-state index contributed by atoms with van der Waals surface area (Å²) in [6.07, 6.45) is 4.72. The van der Waals surface area contributed by atoms with Crippen LogP contribution in [0.15, 0.2) is 18.2 Å². The van der Waals surface area contributed by atoms with E-state index in [-0.39, 0.29) is 6.10 Å². The minimum atomic E-state index is 0.255. The fraction of sp³-hybridized carbons (Fsp3) is 0.533. The Kier molecular flexibility index (Phi) is 5.58. The molecule has 0 radical (unpaired) electrons. The predicted molar refractivity (Wildman–Crippen MR) is 78.4 cm³/mol. The Hall–Kier alpha value is -1.16. The van der Waals surface area contributed by atoms with Gasteiger partial charge in [-0.05, 0) is 36.6 Å². The van der Waals surface area contributed by atoms with Crippen LogP contribution < -0.4 is 9.47 Å². The maximum atomic E-state index is 10.6. The van der Waals surface area contributed by atoms with Crippen molar-refractivity contribution >= 4 is 18.0 Å². The average molecular weight is 280 g/mol. The Morgan fingerprint density at radius 1 is 1.47 bits per heavy atom. The first-order valence-electron chi connectivity index (χ1n) is 6.69. The Balaban J connectivity index is 2.16. The van der Waals surface area contributed by atoms with Gasteiger partial charge in [-0.3, -0.25) is 0 Å². The van der Waals surface area contributed by atoms with Crippen LogP contribution in [0.25, 0.3) is 0 Å². The summed E-state index contributed by atoms with van der Waals surface area (Å²) in [4.78, 5) is 10.6. The molecule has 0 saturated carbocycles. The third-order valence-electron chi connectivity index (χ3n) is 3.21. The number of para-hydroxylation sites is 1.